The molecular formula is C12H19N3O. The molecule has 2 heterocycles. The van der Waals surface area contributed by atoms with E-state index in [1.165, 1.54) is 0 Å². The molecule has 0 aliphatic carbocycles. The molecule has 4 heteroatoms. The summed E-state index contributed by atoms with van der Waals surface area (Å²) in [5, 5.41) is 6.27. The maximum atomic E-state index is 11.8. The van der Waals surface area contributed by atoms with E-state index in [0.29, 0.717) is 6.54 Å². The van der Waals surface area contributed by atoms with Crippen LogP contribution in [0.1, 0.15) is 18.4 Å². The summed E-state index contributed by atoms with van der Waals surface area (Å²) in [4.78, 5) is 11.8. The van der Waals surface area contributed by atoms with Crippen LogP contribution in [0.5, 0.6) is 0 Å². The molecule has 0 atom stereocenters. The van der Waals surface area contributed by atoms with E-state index < -0.39 is 0 Å². The number of hydrogen-bond acceptors (Lipinski definition) is 2. The van der Waals surface area contributed by atoms with Gasteiger partial charge in [0.1, 0.15) is 0 Å². The number of aryl methyl sites for hydroxylation is 1. The first-order chi connectivity index (χ1) is 7.75. The molecule has 1 aliphatic heterocycles. The summed E-state index contributed by atoms with van der Waals surface area (Å²) in [6, 6.07) is 2.03. The van der Waals surface area contributed by atoms with E-state index in [1.54, 1.807) is 0 Å². The van der Waals surface area contributed by atoms with E-state index in [-0.39, 0.29) is 11.8 Å². The fourth-order valence-electron chi connectivity index (χ4n) is 2.08. The standard InChI is InChI=1S/C12H19N3O/c1-15-7-4-10(9-15)8-14-12(16)11-2-5-13-6-3-11/h4,7,9,11,13H,2-3,5-6,8H2,1H3,(H,14,16). The summed E-state index contributed by atoms with van der Waals surface area (Å²) in [7, 11) is 1.98. The second kappa shape index (κ2) is 5.16. The summed E-state index contributed by atoms with van der Waals surface area (Å²) in [6.45, 7) is 2.57. The topological polar surface area (TPSA) is 46.1 Å². The molecule has 0 saturated carbocycles. The average molecular weight is 221 g/mol. The molecule has 1 aromatic rings. The summed E-state index contributed by atoms with van der Waals surface area (Å²) in [5.41, 5.74) is 1.16. The van der Waals surface area contributed by atoms with Gasteiger partial charge in [-0.1, -0.05) is 0 Å². The Kier molecular flexibility index (Phi) is 3.62. The minimum Gasteiger partial charge on any atom is -0.357 e. The van der Waals surface area contributed by atoms with Crippen molar-refractivity contribution in [3.8, 4) is 0 Å². The number of hydrogen-bond donors (Lipinski definition) is 2. The van der Waals surface area contributed by atoms with Gasteiger partial charge in [0.2, 0.25) is 5.91 Å². The van der Waals surface area contributed by atoms with Crippen LogP contribution in [-0.2, 0) is 18.4 Å². The van der Waals surface area contributed by atoms with Gasteiger partial charge in [-0.3, -0.25) is 4.79 Å². The third-order valence-electron chi connectivity index (χ3n) is 3.07. The normalized spacial score (nSPS) is 17.3. The Hall–Kier alpha value is -1.29. The first kappa shape index (κ1) is 11.2. The van der Waals surface area contributed by atoms with Gasteiger partial charge >= 0.3 is 0 Å². The second-order valence-corrected chi connectivity index (χ2v) is 4.43. The maximum absolute atomic E-state index is 11.8. The molecule has 1 amide bonds. The van der Waals surface area contributed by atoms with Crippen molar-refractivity contribution in [3.63, 3.8) is 0 Å². The van der Waals surface area contributed by atoms with Crippen LogP contribution in [0.2, 0.25) is 0 Å². The van der Waals surface area contributed by atoms with Gasteiger partial charge in [0, 0.05) is 31.9 Å². The number of aromatic nitrogens is 1. The highest BCUT2D eigenvalue weighted by Gasteiger charge is 2.20. The number of amides is 1. The zero-order valence-corrected chi connectivity index (χ0v) is 9.70. The Morgan fingerprint density at radius 1 is 1.56 bits per heavy atom. The molecule has 0 spiro atoms. The lowest BCUT2D eigenvalue weighted by Crippen LogP contribution is -2.37. The molecule has 2 N–H and O–H groups in total. The summed E-state index contributed by atoms with van der Waals surface area (Å²) < 4.78 is 1.99. The molecule has 4 nitrogen and oxygen atoms in total. The van der Waals surface area contributed by atoms with E-state index >= 15 is 0 Å². The van der Waals surface area contributed by atoms with Crippen molar-refractivity contribution in [2.75, 3.05) is 13.1 Å². The van der Waals surface area contributed by atoms with Gasteiger partial charge in [-0.05, 0) is 37.6 Å². The highest BCUT2D eigenvalue weighted by Crippen LogP contribution is 2.11. The SMILES string of the molecule is Cn1ccc(CNC(=O)C2CCNCC2)c1. The van der Waals surface area contributed by atoms with Gasteiger partial charge in [-0.15, -0.1) is 0 Å². The van der Waals surface area contributed by atoms with Crippen molar-refractivity contribution < 1.29 is 4.79 Å². The van der Waals surface area contributed by atoms with Crippen LogP contribution in [0.25, 0.3) is 0 Å². The number of rotatable bonds is 3. The number of nitrogens with zero attached hydrogens (tertiary/aromatic N) is 1. The minimum atomic E-state index is 0.199. The zero-order chi connectivity index (χ0) is 11.4. The zero-order valence-electron chi connectivity index (χ0n) is 9.70. The van der Waals surface area contributed by atoms with Gasteiger partial charge in [-0.25, -0.2) is 0 Å². The van der Waals surface area contributed by atoms with Crippen molar-refractivity contribution in [3.05, 3.63) is 24.0 Å². The summed E-state index contributed by atoms with van der Waals surface area (Å²) in [5.74, 6) is 0.398. The molecule has 0 bridgehead atoms. The van der Waals surface area contributed by atoms with Crippen molar-refractivity contribution in [1.82, 2.24) is 15.2 Å². The molecule has 1 fully saturated rings. The fourth-order valence-corrected chi connectivity index (χ4v) is 2.08. The van der Waals surface area contributed by atoms with Gasteiger partial charge in [-0.2, -0.15) is 0 Å². The Balaban J connectivity index is 1.78. The molecule has 0 radical (unpaired) electrons. The number of carbonyl (C=O) groups is 1. The predicted molar refractivity (Wildman–Crippen MR) is 62.9 cm³/mol. The first-order valence-corrected chi connectivity index (χ1v) is 5.85. The summed E-state index contributed by atoms with van der Waals surface area (Å²) >= 11 is 0. The lowest BCUT2D eigenvalue weighted by molar-refractivity contribution is -0.125. The number of piperidine rings is 1. The van der Waals surface area contributed by atoms with Crippen LogP contribution < -0.4 is 10.6 Å². The average Bonchev–Trinajstić information content (AvgIpc) is 2.73. The van der Waals surface area contributed by atoms with Crippen molar-refractivity contribution in [2.24, 2.45) is 13.0 Å². The smallest absolute Gasteiger partial charge is 0.223 e. The predicted octanol–water partition coefficient (Wildman–Crippen LogP) is 0.641. The molecule has 1 saturated heterocycles. The first-order valence-electron chi connectivity index (χ1n) is 5.85. The Labute approximate surface area is 96.0 Å². The Morgan fingerprint density at radius 3 is 2.94 bits per heavy atom. The fraction of sp³-hybridized carbons (Fsp3) is 0.583. The number of carbonyl (C=O) groups excluding carboxylic acids is 1. The van der Waals surface area contributed by atoms with Crippen LogP contribution >= 0.6 is 0 Å². The van der Waals surface area contributed by atoms with E-state index in [1.807, 2.05) is 30.1 Å². The minimum absolute atomic E-state index is 0.199. The maximum Gasteiger partial charge on any atom is 0.223 e. The molecule has 2 rings (SSSR count). The van der Waals surface area contributed by atoms with Crippen LogP contribution in [0.15, 0.2) is 18.5 Å². The molecule has 0 unspecified atom stereocenters. The molecular weight excluding hydrogens is 202 g/mol. The van der Waals surface area contributed by atoms with Crippen LogP contribution in [0, 0.1) is 5.92 Å². The van der Waals surface area contributed by atoms with Gasteiger partial charge in [0.15, 0.2) is 0 Å². The van der Waals surface area contributed by atoms with Crippen LogP contribution in [0.4, 0.5) is 0 Å². The Bertz CT molecular complexity index is 353. The number of nitrogens with one attached hydrogen (secondary N) is 2. The Morgan fingerprint density at radius 2 is 2.31 bits per heavy atom. The quantitative estimate of drug-likeness (QED) is 0.787. The van der Waals surface area contributed by atoms with Crippen LogP contribution in [0.3, 0.4) is 0 Å². The third kappa shape index (κ3) is 2.85. The third-order valence-corrected chi connectivity index (χ3v) is 3.07. The molecule has 1 aromatic heterocycles. The summed E-state index contributed by atoms with van der Waals surface area (Å²) in [6.07, 6.45) is 5.94. The molecule has 88 valence electrons. The highest BCUT2D eigenvalue weighted by atomic mass is 16.1. The highest BCUT2D eigenvalue weighted by molar-refractivity contribution is 5.78. The van der Waals surface area contributed by atoms with E-state index in [4.69, 9.17) is 0 Å². The van der Waals surface area contributed by atoms with E-state index in [9.17, 15) is 4.79 Å². The van der Waals surface area contributed by atoms with Gasteiger partial charge in [0.25, 0.3) is 0 Å². The lowest BCUT2D eigenvalue weighted by Gasteiger charge is -2.21. The van der Waals surface area contributed by atoms with E-state index in [2.05, 4.69) is 10.6 Å². The lowest BCUT2D eigenvalue weighted by atomic mass is 9.97. The van der Waals surface area contributed by atoms with Crippen LogP contribution in [-0.4, -0.2) is 23.6 Å². The van der Waals surface area contributed by atoms with Crippen molar-refractivity contribution in [1.29, 1.82) is 0 Å². The second-order valence-electron chi connectivity index (χ2n) is 4.43. The van der Waals surface area contributed by atoms with Gasteiger partial charge in [0.05, 0.1) is 0 Å². The molecule has 16 heavy (non-hydrogen) atoms. The van der Waals surface area contributed by atoms with Crippen molar-refractivity contribution in [2.45, 2.75) is 19.4 Å². The monoisotopic (exact) mass is 221 g/mol. The van der Waals surface area contributed by atoms with E-state index in [0.717, 1.165) is 31.5 Å². The van der Waals surface area contributed by atoms with Gasteiger partial charge < -0.3 is 15.2 Å². The largest absolute Gasteiger partial charge is 0.357 e. The van der Waals surface area contributed by atoms with Crippen molar-refractivity contribution >= 4 is 5.91 Å². The molecule has 1 aliphatic rings. The molecule has 0 aromatic carbocycles.